The predicted octanol–water partition coefficient (Wildman–Crippen LogP) is 1.29. The normalized spacial score (nSPS) is 10.4. The fourth-order valence-corrected chi connectivity index (χ4v) is 1.62. The predicted molar refractivity (Wildman–Crippen MR) is 61.7 cm³/mol. The number of methoxy groups -OCH3 is 1. The van der Waals surface area contributed by atoms with Crippen LogP contribution >= 0.6 is 0 Å². The lowest BCUT2D eigenvalue weighted by atomic mass is 10.1. The summed E-state index contributed by atoms with van der Waals surface area (Å²) in [5, 5.41) is 4.02. The van der Waals surface area contributed by atoms with E-state index in [0.717, 1.165) is 11.1 Å². The molecule has 17 heavy (non-hydrogen) atoms. The third-order valence-corrected chi connectivity index (χ3v) is 2.41. The second-order valence-electron chi connectivity index (χ2n) is 3.62. The average molecular weight is 231 g/mol. The van der Waals surface area contributed by atoms with Gasteiger partial charge in [0.2, 0.25) is 5.82 Å². The number of carbonyl (C=O) groups excluding carboxylic acids is 1. The molecule has 2 rings (SSSR count). The second-order valence-corrected chi connectivity index (χ2v) is 3.62. The van der Waals surface area contributed by atoms with Crippen molar-refractivity contribution < 1.29 is 9.53 Å². The number of hydrogen-bond acceptors (Lipinski definition) is 4. The molecular weight excluding hydrogens is 218 g/mol. The molecule has 0 bridgehead atoms. The highest BCUT2D eigenvalue weighted by Gasteiger charge is 2.04. The Morgan fingerprint density at radius 1 is 1.35 bits per heavy atom. The Morgan fingerprint density at radius 2 is 2.12 bits per heavy atom. The first-order valence-corrected chi connectivity index (χ1v) is 5.24. The number of nitrogens with zero attached hydrogens (tertiary/aromatic N) is 3. The molecule has 5 nitrogen and oxygen atoms in total. The SMILES string of the molecule is COCc1ccccc1Cn1cnc(C=O)n1. The molecule has 0 aliphatic rings. The summed E-state index contributed by atoms with van der Waals surface area (Å²) < 4.78 is 6.77. The van der Waals surface area contributed by atoms with Crippen molar-refractivity contribution in [2.45, 2.75) is 13.2 Å². The number of aldehydes is 1. The van der Waals surface area contributed by atoms with Crippen LogP contribution in [0.4, 0.5) is 0 Å². The van der Waals surface area contributed by atoms with Gasteiger partial charge in [0.05, 0.1) is 13.2 Å². The number of rotatable bonds is 5. The summed E-state index contributed by atoms with van der Waals surface area (Å²) in [7, 11) is 1.66. The Bertz CT molecular complexity index is 508. The summed E-state index contributed by atoms with van der Waals surface area (Å²) in [5.74, 6) is 0.203. The minimum atomic E-state index is 0.203. The molecule has 0 unspecified atom stereocenters. The van der Waals surface area contributed by atoms with Gasteiger partial charge in [0.15, 0.2) is 6.29 Å². The van der Waals surface area contributed by atoms with Gasteiger partial charge < -0.3 is 4.74 Å². The van der Waals surface area contributed by atoms with E-state index in [-0.39, 0.29) is 5.82 Å². The van der Waals surface area contributed by atoms with Crippen LogP contribution in [-0.2, 0) is 17.9 Å². The van der Waals surface area contributed by atoms with Crippen LogP contribution in [0.5, 0.6) is 0 Å². The van der Waals surface area contributed by atoms with Gasteiger partial charge in [-0.25, -0.2) is 9.67 Å². The Balaban J connectivity index is 2.19. The molecule has 1 aromatic carbocycles. The fourth-order valence-electron chi connectivity index (χ4n) is 1.62. The van der Waals surface area contributed by atoms with E-state index >= 15 is 0 Å². The highest BCUT2D eigenvalue weighted by atomic mass is 16.5. The van der Waals surface area contributed by atoms with Crippen molar-refractivity contribution in [2.75, 3.05) is 7.11 Å². The highest BCUT2D eigenvalue weighted by Crippen LogP contribution is 2.11. The fraction of sp³-hybridized carbons (Fsp3) is 0.250. The maximum absolute atomic E-state index is 10.5. The van der Waals surface area contributed by atoms with Gasteiger partial charge in [0.25, 0.3) is 0 Å². The smallest absolute Gasteiger partial charge is 0.213 e. The van der Waals surface area contributed by atoms with Crippen molar-refractivity contribution >= 4 is 6.29 Å². The van der Waals surface area contributed by atoms with E-state index in [1.54, 1.807) is 18.1 Å². The third-order valence-electron chi connectivity index (χ3n) is 2.41. The largest absolute Gasteiger partial charge is 0.380 e. The van der Waals surface area contributed by atoms with Crippen molar-refractivity contribution in [3.63, 3.8) is 0 Å². The molecule has 1 aromatic heterocycles. The van der Waals surface area contributed by atoms with Crippen LogP contribution < -0.4 is 0 Å². The zero-order valence-electron chi connectivity index (χ0n) is 9.54. The number of hydrogen-bond donors (Lipinski definition) is 0. The van der Waals surface area contributed by atoms with E-state index in [0.29, 0.717) is 19.4 Å². The third kappa shape index (κ3) is 2.76. The molecular formula is C12H13N3O2. The molecule has 0 N–H and O–H groups in total. The lowest BCUT2D eigenvalue weighted by Crippen LogP contribution is -2.04. The summed E-state index contributed by atoms with van der Waals surface area (Å²) in [6, 6.07) is 7.95. The van der Waals surface area contributed by atoms with Gasteiger partial charge in [-0.3, -0.25) is 4.79 Å². The molecule has 0 fully saturated rings. The standard InChI is InChI=1S/C12H13N3O2/c1-17-8-11-5-3-2-4-10(11)6-15-9-13-12(7-16)14-15/h2-5,7,9H,6,8H2,1H3. The maximum atomic E-state index is 10.5. The van der Waals surface area contributed by atoms with Crippen molar-refractivity contribution in [1.82, 2.24) is 14.8 Å². The first-order valence-electron chi connectivity index (χ1n) is 5.24. The summed E-state index contributed by atoms with van der Waals surface area (Å²) in [6.45, 7) is 1.14. The van der Waals surface area contributed by atoms with Crippen LogP contribution in [0.25, 0.3) is 0 Å². The molecule has 5 heteroatoms. The topological polar surface area (TPSA) is 57.0 Å². The van der Waals surface area contributed by atoms with E-state index in [1.165, 1.54) is 0 Å². The van der Waals surface area contributed by atoms with Gasteiger partial charge in [-0.05, 0) is 11.1 Å². The Hall–Kier alpha value is -2.01. The first-order chi connectivity index (χ1) is 8.33. The molecule has 0 atom stereocenters. The van der Waals surface area contributed by atoms with Crippen LogP contribution in [-0.4, -0.2) is 28.2 Å². The molecule has 88 valence electrons. The molecule has 0 saturated heterocycles. The maximum Gasteiger partial charge on any atom is 0.213 e. The molecule has 0 amide bonds. The van der Waals surface area contributed by atoms with Gasteiger partial charge in [-0.15, -0.1) is 5.10 Å². The zero-order valence-corrected chi connectivity index (χ0v) is 9.54. The van der Waals surface area contributed by atoms with Gasteiger partial charge in [0.1, 0.15) is 6.33 Å². The van der Waals surface area contributed by atoms with Crippen molar-refractivity contribution in [1.29, 1.82) is 0 Å². The molecule has 0 aliphatic heterocycles. The van der Waals surface area contributed by atoms with Crippen LogP contribution in [0, 0.1) is 0 Å². The van der Waals surface area contributed by atoms with E-state index in [2.05, 4.69) is 10.1 Å². The number of benzene rings is 1. The van der Waals surface area contributed by atoms with Gasteiger partial charge >= 0.3 is 0 Å². The quantitative estimate of drug-likeness (QED) is 0.727. The molecule has 2 aromatic rings. The minimum absolute atomic E-state index is 0.203. The number of aromatic nitrogens is 3. The summed E-state index contributed by atoms with van der Waals surface area (Å²) in [6.07, 6.45) is 2.19. The number of ether oxygens (including phenoxy) is 1. The van der Waals surface area contributed by atoms with Crippen molar-refractivity contribution in [3.05, 3.63) is 47.5 Å². The van der Waals surface area contributed by atoms with E-state index in [9.17, 15) is 4.79 Å². The summed E-state index contributed by atoms with van der Waals surface area (Å²) >= 11 is 0. The highest BCUT2D eigenvalue weighted by molar-refractivity contribution is 5.68. The van der Waals surface area contributed by atoms with Gasteiger partial charge in [0, 0.05) is 7.11 Å². The monoisotopic (exact) mass is 231 g/mol. The van der Waals surface area contributed by atoms with Crippen LogP contribution in [0.3, 0.4) is 0 Å². The van der Waals surface area contributed by atoms with Crippen LogP contribution in [0.1, 0.15) is 21.7 Å². The second kappa shape index (κ2) is 5.36. The molecule has 0 radical (unpaired) electrons. The summed E-state index contributed by atoms with van der Waals surface area (Å²) in [4.78, 5) is 14.3. The Morgan fingerprint density at radius 3 is 2.76 bits per heavy atom. The Labute approximate surface area is 99.1 Å². The first kappa shape index (κ1) is 11.5. The van der Waals surface area contributed by atoms with Gasteiger partial charge in [-0.1, -0.05) is 24.3 Å². The van der Waals surface area contributed by atoms with Gasteiger partial charge in [-0.2, -0.15) is 0 Å². The number of carbonyl (C=O) groups is 1. The summed E-state index contributed by atoms with van der Waals surface area (Å²) in [5.41, 5.74) is 2.22. The average Bonchev–Trinajstić information content (AvgIpc) is 2.80. The molecule has 0 spiro atoms. The molecule has 1 heterocycles. The molecule has 0 aliphatic carbocycles. The van der Waals surface area contributed by atoms with Crippen molar-refractivity contribution in [2.24, 2.45) is 0 Å². The molecule has 0 saturated carbocycles. The van der Waals surface area contributed by atoms with E-state index in [4.69, 9.17) is 4.74 Å². The van der Waals surface area contributed by atoms with E-state index < -0.39 is 0 Å². The van der Waals surface area contributed by atoms with Crippen molar-refractivity contribution in [3.8, 4) is 0 Å². The lowest BCUT2D eigenvalue weighted by molar-refractivity contribution is 0.111. The zero-order chi connectivity index (χ0) is 12.1. The van der Waals surface area contributed by atoms with Crippen LogP contribution in [0.15, 0.2) is 30.6 Å². The minimum Gasteiger partial charge on any atom is -0.380 e. The van der Waals surface area contributed by atoms with Crippen LogP contribution in [0.2, 0.25) is 0 Å². The lowest BCUT2D eigenvalue weighted by Gasteiger charge is -2.08. The Kier molecular flexibility index (Phi) is 3.62. The van der Waals surface area contributed by atoms with E-state index in [1.807, 2.05) is 24.3 Å².